The summed E-state index contributed by atoms with van der Waals surface area (Å²) in [6.07, 6.45) is 4.74. The second-order valence-corrected chi connectivity index (χ2v) is 13.1. The Balaban J connectivity index is 1.57. The average Bonchev–Trinajstić information content (AvgIpc) is 2.93. The van der Waals surface area contributed by atoms with Gasteiger partial charge in [-0.3, -0.25) is 4.79 Å². The number of ether oxygens (including phenoxy) is 2. The van der Waals surface area contributed by atoms with Crippen LogP contribution in [0.5, 0.6) is 5.75 Å². The van der Waals surface area contributed by atoms with E-state index in [4.69, 9.17) is 9.47 Å². The molecule has 1 saturated carbocycles. The molecule has 0 radical (unpaired) electrons. The largest absolute Gasteiger partial charge is 0.495 e. The number of hydrogen-bond acceptors (Lipinski definition) is 7. The molecule has 2 aliphatic rings. The third-order valence-electron chi connectivity index (χ3n) is 6.89. The predicted octanol–water partition coefficient (Wildman–Crippen LogP) is 2.92. The third kappa shape index (κ3) is 5.99. The van der Waals surface area contributed by atoms with Crippen LogP contribution in [-0.4, -0.2) is 77.9 Å². The predicted molar refractivity (Wildman–Crippen MR) is 139 cm³/mol. The molecule has 1 heterocycles. The van der Waals surface area contributed by atoms with Crippen molar-refractivity contribution in [1.82, 2.24) is 8.61 Å². The molecule has 0 atom stereocenters. The van der Waals surface area contributed by atoms with Gasteiger partial charge in [0.25, 0.3) is 5.91 Å². The highest BCUT2D eigenvalue weighted by atomic mass is 32.2. The molecule has 2 aromatic carbocycles. The van der Waals surface area contributed by atoms with E-state index in [2.05, 4.69) is 5.32 Å². The third-order valence-corrected chi connectivity index (χ3v) is 10.7. The van der Waals surface area contributed by atoms with Gasteiger partial charge in [-0.1, -0.05) is 25.3 Å². The van der Waals surface area contributed by atoms with Crippen LogP contribution in [0.1, 0.15) is 42.5 Å². The van der Waals surface area contributed by atoms with Gasteiger partial charge in [-0.2, -0.15) is 8.61 Å². The summed E-state index contributed by atoms with van der Waals surface area (Å²) in [5, 5.41) is 2.68. The number of methoxy groups -OCH3 is 1. The topological polar surface area (TPSA) is 122 Å². The fourth-order valence-electron chi connectivity index (χ4n) is 4.68. The van der Waals surface area contributed by atoms with E-state index in [1.807, 2.05) is 0 Å². The van der Waals surface area contributed by atoms with Gasteiger partial charge in [-0.05, 0) is 49.2 Å². The van der Waals surface area contributed by atoms with Crippen molar-refractivity contribution >= 4 is 31.6 Å². The van der Waals surface area contributed by atoms with Gasteiger partial charge < -0.3 is 14.8 Å². The van der Waals surface area contributed by atoms with Gasteiger partial charge in [0.15, 0.2) is 0 Å². The molecule has 37 heavy (non-hydrogen) atoms. The lowest BCUT2D eigenvalue weighted by atomic mass is 9.96. The van der Waals surface area contributed by atoms with Crippen LogP contribution in [-0.2, 0) is 24.8 Å². The number of hydrogen-bond donors (Lipinski definition) is 1. The Morgan fingerprint density at radius 2 is 1.70 bits per heavy atom. The zero-order valence-electron chi connectivity index (χ0n) is 21.1. The van der Waals surface area contributed by atoms with Crippen LogP contribution in [0.2, 0.25) is 0 Å². The summed E-state index contributed by atoms with van der Waals surface area (Å²) < 4.78 is 66.0. The van der Waals surface area contributed by atoms with E-state index in [0.717, 1.165) is 32.1 Å². The highest BCUT2D eigenvalue weighted by Gasteiger charge is 2.30. The minimum Gasteiger partial charge on any atom is -0.495 e. The van der Waals surface area contributed by atoms with Crippen LogP contribution in [0.4, 0.5) is 5.69 Å². The normalized spacial score (nSPS) is 18.0. The van der Waals surface area contributed by atoms with Crippen molar-refractivity contribution in [3.05, 3.63) is 48.0 Å². The number of carbonyl (C=O) groups is 1. The first-order chi connectivity index (χ1) is 17.6. The fourth-order valence-corrected chi connectivity index (χ4v) is 7.58. The molecule has 1 N–H and O–H groups in total. The van der Waals surface area contributed by atoms with Crippen LogP contribution in [0.3, 0.4) is 0 Å². The van der Waals surface area contributed by atoms with Crippen LogP contribution in [0.25, 0.3) is 0 Å². The molecule has 1 saturated heterocycles. The Kier molecular flexibility index (Phi) is 8.54. The van der Waals surface area contributed by atoms with Crippen LogP contribution < -0.4 is 10.1 Å². The molecule has 202 valence electrons. The second kappa shape index (κ2) is 11.5. The van der Waals surface area contributed by atoms with Crippen molar-refractivity contribution in [2.75, 3.05) is 45.8 Å². The number of carbonyl (C=O) groups excluding carboxylic acids is 1. The van der Waals surface area contributed by atoms with Crippen molar-refractivity contribution in [2.45, 2.75) is 47.9 Å². The summed E-state index contributed by atoms with van der Waals surface area (Å²) in [4.78, 5) is 13.2. The maximum Gasteiger partial charge on any atom is 0.255 e. The Bertz CT molecular complexity index is 1330. The van der Waals surface area contributed by atoms with E-state index in [-0.39, 0.29) is 45.9 Å². The average molecular weight is 552 g/mol. The number of benzene rings is 2. The number of nitrogens with one attached hydrogen (secondary N) is 1. The highest BCUT2D eigenvalue weighted by Crippen LogP contribution is 2.30. The molecule has 2 aromatic rings. The first-order valence-electron chi connectivity index (χ1n) is 12.3. The van der Waals surface area contributed by atoms with Crippen molar-refractivity contribution < 1.29 is 31.1 Å². The highest BCUT2D eigenvalue weighted by molar-refractivity contribution is 7.89. The lowest BCUT2D eigenvalue weighted by Crippen LogP contribution is -2.40. The smallest absolute Gasteiger partial charge is 0.255 e. The van der Waals surface area contributed by atoms with E-state index >= 15 is 0 Å². The van der Waals surface area contributed by atoms with E-state index in [9.17, 15) is 21.6 Å². The lowest BCUT2D eigenvalue weighted by Gasteiger charge is -2.30. The Labute approximate surface area is 218 Å². The van der Waals surface area contributed by atoms with Crippen LogP contribution in [0, 0.1) is 0 Å². The molecule has 0 bridgehead atoms. The maximum atomic E-state index is 13.3. The van der Waals surface area contributed by atoms with Crippen molar-refractivity contribution in [3.63, 3.8) is 0 Å². The van der Waals surface area contributed by atoms with E-state index < -0.39 is 26.0 Å². The van der Waals surface area contributed by atoms with Gasteiger partial charge in [-0.15, -0.1) is 0 Å². The molecule has 0 spiro atoms. The fraction of sp³-hybridized carbons (Fsp3) is 0.480. The number of morpholine rings is 1. The summed E-state index contributed by atoms with van der Waals surface area (Å²) >= 11 is 0. The van der Waals surface area contributed by atoms with Crippen molar-refractivity contribution in [1.29, 1.82) is 0 Å². The lowest BCUT2D eigenvalue weighted by molar-refractivity contribution is 0.0730. The molecular formula is C25H33N3O7S2. The molecule has 10 nitrogen and oxygen atoms in total. The number of rotatable bonds is 8. The van der Waals surface area contributed by atoms with Crippen LogP contribution >= 0.6 is 0 Å². The van der Waals surface area contributed by atoms with Gasteiger partial charge in [-0.25, -0.2) is 16.8 Å². The molecular weight excluding hydrogens is 518 g/mol. The first kappa shape index (κ1) is 27.5. The second-order valence-electron chi connectivity index (χ2n) is 9.17. The summed E-state index contributed by atoms with van der Waals surface area (Å²) in [7, 11) is -4.58. The minimum absolute atomic E-state index is 0.0101. The molecule has 0 unspecified atom stereocenters. The maximum absolute atomic E-state index is 13.3. The van der Waals surface area contributed by atoms with Crippen molar-refractivity contribution in [2.24, 2.45) is 0 Å². The van der Waals surface area contributed by atoms with Gasteiger partial charge in [0.1, 0.15) is 5.75 Å². The zero-order valence-corrected chi connectivity index (χ0v) is 22.7. The Morgan fingerprint density at radius 1 is 1.00 bits per heavy atom. The SMILES string of the molecule is COc1ccc(S(=O)(=O)N2CCOCC2)cc1NC(=O)c1cccc(S(=O)(=O)N(C)C2CCCCC2)c1. The number of amides is 1. The molecule has 1 aliphatic carbocycles. The molecule has 12 heteroatoms. The Morgan fingerprint density at radius 3 is 2.38 bits per heavy atom. The van der Waals surface area contributed by atoms with Crippen LogP contribution in [0.15, 0.2) is 52.3 Å². The molecule has 1 amide bonds. The quantitative estimate of drug-likeness (QED) is 0.535. The van der Waals surface area contributed by atoms with Gasteiger partial charge in [0.2, 0.25) is 20.0 Å². The molecule has 4 rings (SSSR count). The summed E-state index contributed by atoms with van der Waals surface area (Å²) in [5.74, 6) is -0.313. The van der Waals surface area contributed by atoms with E-state index in [1.165, 1.54) is 58.2 Å². The number of sulfonamides is 2. The van der Waals surface area contributed by atoms with Gasteiger partial charge >= 0.3 is 0 Å². The standard InChI is InChI=1S/C25H33N3O7S2/c1-27(20-8-4-3-5-9-20)36(30,31)21-10-6-7-19(17-21)25(29)26-23-18-22(11-12-24(23)34-2)37(32,33)28-13-15-35-16-14-28/h6-7,10-12,17-18,20H,3-5,8-9,13-16H2,1-2H3,(H,26,29). The number of anilines is 1. The first-order valence-corrected chi connectivity index (χ1v) is 15.2. The monoisotopic (exact) mass is 551 g/mol. The van der Waals surface area contributed by atoms with Gasteiger partial charge in [0.05, 0.1) is 35.8 Å². The summed E-state index contributed by atoms with van der Waals surface area (Å²) in [6.45, 7) is 1.11. The van der Waals surface area contributed by atoms with Crippen molar-refractivity contribution in [3.8, 4) is 5.75 Å². The van der Waals surface area contributed by atoms with E-state index in [0.29, 0.717) is 13.2 Å². The number of nitrogens with zero attached hydrogens (tertiary/aromatic N) is 2. The minimum atomic E-state index is -3.79. The summed E-state index contributed by atoms with van der Waals surface area (Å²) in [6, 6.07) is 10.0. The zero-order chi connectivity index (χ0) is 26.6. The molecule has 0 aromatic heterocycles. The molecule has 1 aliphatic heterocycles. The Hall–Kier alpha value is -2.51. The van der Waals surface area contributed by atoms with Gasteiger partial charge in [0, 0.05) is 31.7 Å². The van der Waals surface area contributed by atoms with E-state index in [1.54, 1.807) is 7.05 Å². The molecule has 2 fully saturated rings. The summed E-state index contributed by atoms with van der Waals surface area (Å²) in [5.41, 5.74) is 0.288.